The Hall–Kier alpha value is -4.26. The number of carbonyl (C=O) groups excluding carboxylic acids is 2. The van der Waals surface area contributed by atoms with Crippen LogP contribution in [0, 0.1) is 13.8 Å². The number of hydrogen-bond acceptors (Lipinski definition) is 5. The van der Waals surface area contributed by atoms with Crippen LogP contribution in [0.4, 0.5) is 11.4 Å². The normalized spacial score (nSPS) is 10.8. The summed E-state index contributed by atoms with van der Waals surface area (Å²) in [5.41, 5.74) is 10.6. The molecule has 1 amide bonds. The smallest absolute Gasteiger partial charge is 0.259 e. The van der Waals surface area contributed by atoms with Crippen molar-refractivity contribution in [1.29, 1.82) is 0 Å². The van der Waals surface area contributed by atoms with Gasteiger partial charge in [-0.15, -0.1) is 0 Å². The van der Waals surface area contributed by atoms with Crippen LogP contribution in [0.25, 0.3) is 5.52 Å². The number of methoxy groups -OCH3 is 2. The molecule has 0 unspecified atom stereocenters. The second-order valence-corrected chi connectivity index (χ2v) is 7.82. The fraction of sp³-hybridized carbons (Fsp3) is 0.154. The standard InChI is InChI=1S/C26H25N3O4/c1-15-11-16(2)13-18(12-15)28-26(31)22-19-7-5-6-10-29(19)24(23(22)27)25(30)17-8-9-20(32-3)21(14-17)33-4/h5-14H,27H2,1-4H3,(H,28,31). The van der Waals surface area contributed by atoms with Gasteiger partial charge in [-0.3, -0.25) is 9.59 Å². The van der Waals surface area contributed by atoms with Crippen molar-refractivity contribution in [3.63, 3.8) is 0 Å². The molecule has 4 rings (SSSR count). The van der Waals surface area contributed by atoms with E-state index < -0.39 is 0 Å². The lowest BCUT2D eigenvalue weighted by molar-refractivity contribution is 0.102. The Labute approximate surface area is 191 Å². The second-order valence-electron chi connectivity index (χ2n) is 7.82. The second kappa shape index (κ2) is 8.70. The van der Waals surface area contributed by atoms with E-state index in [1.807, 2.05) is 32.0 Å². The third kappa shape index (κ3) is 4.01. The summed E-state index contributed by atoms with van der Waals surface area (Å²) < 4.78 is 12.2. The minimum atomic E-state index is -0.382. The number of benzene rings is 2. The van der Waals surface area contributed by atoms with E-state index in [1.54, 1.807) is 47.0 Å². The van der Waals surface area contributed by atoms with Gasteiger partial charge in [-0.1, -0.05) is 12.1 Å². The average molecular weight is 444 g/mol. The van der Waals surface area contributed by atoms with Gasteiger partial charge in [-0.2, -0.15) is 0 Å². The van der Waals surface area contributed by atoms with Crippen LogP contribution in [0.1, 0.15) is 37.5 Å². The van der Waals surface area contributed by atoms with E-state index in [0.29, 0.717) is 28.3 Å². The highest BCUT2D eigenvalue weighted by Gasteiger charge is 2.26. The quantitative estimate of drug-likeness (QED) is 0.424. The first-order valence-electron chi connectivity index (χ1n) is 10.4. The number of hydrogen-bond donors (Lipinski definition) is 2. The maximum atomic E-state index is 13.5. The van der Waals surface area contributed by atoms with Gasteiger partial charge in [0.15, 0.2) is 11.5 Å². The van der Waals surface area contributed by atoms with Crippen molar-refractivity contribution in [1.82, 2.24) is 4.40 Å². The highest BCUT2D eigenvalue weighted by atomic mass is 16.5. The molecule has 2 heterocycles. The summed E-state index contributed by atoms with van der Waals surface area (Å²) >= 11 is 0. The molecule has 0 saturated heterocycles. The molecule has 0 radical (unpaired) electrons. The zero-order valence-corrected chi connectivity index (χ0v) is 18.9. The number of aromatic nitrogens is 1. The van der Waals surface area contributed by atoms with E-state index in [1.165, 1.54) is 14.2 Å². The first-order valence-corrected chi connectivity index (χ1v) is 10.4. The molecule has 0 aliphatic carbocycles. The Morgan fingerprint density at radius 2 is 1.61 bits per heavy atom. The molecule has 0 atom stereocenters. The van der Waals surface area contributed by atoms with Gasteiger partial charge < -0.3 is 24.9 Å². The van der Waals surface area contributed by atoms with E-state index in [-0.39, 0.29) is 28.6 Å². The summed E-state index contributed by atoms with van der Waals surface area (Å²) in [6.45, 7) is 3.93. The highest BCUT2D eigenvalue weighted by molar-refractivity contribution is 6.20. The van der Waals surface area contributed by atoms with Crippen LogP contribution < -0.4 is 20.5 Å². The number of nitrogen functional groups attached to an aromatic ring is 1. The molecular weight excluding hydrogens is 418 g/mol. The zero-order chi connectivity index (χ0) is 23.7. The first-order chi connectivity index (χ1) is 15.8. The monoisotopic (exact) mass is 443 g/mol. The molecule has 0 fully saturated rings. The molecule has 2 aromatic carbocycles. The molecule has 0 aliphatic heterocycles. The first kappa shape index (κ1) is 22.0. The molecule has 33 heavy (non-hydrogen) atoms. The Balaban J connectivity index is 1.81. The number of ether oxygens (including phenoxy) is 2. The predicted octanol–water partition coefficient (Wildman–Crippen LogP) is 4.64. The molecule has 7 nitrogen and oxygen atoms in total. The van der Waals surface area contributed by atoms with Gasteiger partial charge in [0.05, 0.1) is 31.0 Å². The molecule has 0 spiro atoms. The Kier molecular flexibility index (Phi) is 5.79. The number of anilines is 2. The molecule has 0 bridgehead atoms. The topological polar surface area (TPSA) is 95.1 Å². The van der Waals surface area contributed by atoms with Crippen LogP contribution in [0.3, 0.4) is 0 Å². The van der Waals surface area contributed by atoms with Gasteiger partial charge in [0.25, 0.3) is 5.91 Å². The SMILES string of the molecule is COc1ccc(C(=O)c2c(N)c(C(=O)Nc3cc(C)cc(C)c3)c3ccccn23)cc1OC. The van der Waals surface area contributed by atoms with Crippen LogP contribution >= 0.6 is 0 Å². The van der Waals surface area contributed by atoms with Gasteiger partial charge in [-0.05, 0) is 67.4 Å². The molecule has 7 heteroatoms. The molecule has 0 saturated carbocycles. The van der Waals surface area contributed by atoms with Crippen molar-refractivity contribution in [2.45, 2.75) is 13.8 Å². The molecule has 4 aromatic rings. The fourth-order valence-electron chi connectivity index (χ4n) is 4.05. The third-order valence-corrected chi connectivity index (χ3v) is 5.45. The van der Waals surface area contributed by atoms with Gasteiger partial charge in [0.2, 0.25) is 5.78 Å². The Morgan fingerprint density at radius 1 is 0.909 bits per heavy atom. The Morgan fingerprint density at radius 3 is 2.27 bits per heavy atom. The zero-order valence-electron chi connectivity index (χ0n) is 18.9. The number of rotatable bonds is 6. The van der Waals surface area contributed by atoms with Gasteiger partial charge >= 0.3 is 0 Å². The van der Waals surface area contributed by atoms with Crippen molar-refractivity contribution in [3.05, 3.63) is 88.7 Å². The van der Waals surface area contributed by atoms with Crippen LogP contribution in [-0.2, 0) is 0 Å². The number of ketones is 1. The van der Waals surface area contributed by atoms with Crippen LogP contribution in [0.2, 0.25) is 0 Å². The number of carbonyl (C=O) groups is 2. The van der Waals surface area contributed by atoms with Crippen molar-refractivity contribution >= 4 is 28.6 Å². The number of fused-ring (bicyclic) bond motifs is 1. The summed E-state index contributed by atoms with van der Waals surface area (Å²) in [4.78, 5) is 26.8. The number of aryl methyl sites for hydroxylation is 2. The van der Waals surface area contributed by atoms with Gasteiger partial charge in [0.1, 0.15) is 5.69 Å². The lowest BCUT2D eigenvalue weighted by Gasteiger charge is -2.10. The minimum absolute atomic E-state index is 0.114. The summed E-state index contributed by atoms with van der Waals surface area (Å²) in [6, 6.07) is 16.0. The number of nitrogens with zero attached hydrogens (tertiary/aromatic N) is 1. The number of amides is 1. The average Bonchev–Trinajstić information content (AvgIpc) is 3.09. The van der Waals surface area contributed by atoms with E-state index in [4.69, 9.17) is 15.2 Å². The van der Waals surface area contributed by atoms with Gasteiger partial charge in [0, 0.05) is 17.4 Å². The fourth-order valence-corrected chi connectivity index (χ4v) is 4.05. The summed E-state index contributed by atoms with van der Waals surface area (Å²) in [5, 5.41) is 2.92. The maximum Gasteiger partial charge on any atom is 0.259 e. The van der Waals surface area contributed by atoms with Gasteiger partial charge in [-0.25, -0.2) is 0 Å². The molecule has 0 aliphatic rings. The van der Waals surface area contributed by atoms with Crippen molar-refractivity contribution < 1.29 is 19.1 Å². The number of pyridine rings is 1. The predicted molar refractivity (Wildman–Crippen MR) is 129 cm³/mol. The van der Waals surface area contributed by atoms with E-state index in [2.05, 4.69) is 5.32 Å². The lowest BCUT2D eigenvalue weighted by Crippen LogP contribution is -2.14. The van der Waals surface area contributed by atoms with Crippen LogP contribution in [0.15, 0.2) is 60.8 Å². The maximum absolute atomic E-state index is 13.5. The van der Waals surface area contributed by atoms with E-state index in [0.717, 1.165) is 11.1 Å². The lowest BCUT2D eigenvalue weighted by atomic mass is 10.1. The molecular formula is C26H25N3O4. The van der Waals surface area contributed by atoms with E-state index >= 15 is 0 Å². The molecule has 168 valence electrons. The molecule has 2 aromatic heterocycles. The number of nitrogens with one attached hydrogen (secondary N) is 1. The van der Waals surface area contributed by atoms with Crippen molar-refractivity contribution in [2.75, 3.05) is 25.3 Å². The summed E-state index contributed by atoms with van der Waals surface area (Å²) in [5.74, 6) is 0.221. The highest BCUT2D eigenvalue weighted by Crippen LogP contribution is 2.32. The summed E-state index contributed by atoms with van der Waals surface area (Å²) in [6.07, 6.45) is 1.72. The largest absolute Gasteiger partial charge is 0.493 e. The van der Waals surface area contributed by atoms with Crippen LogP contribution in [0.5, 0.6) is 11.5 Å². The third-order valence-electron chi connectivity index (χ3n) is 5.45. The van der Waals surface area contributed by atoms with E-state index in [9.17, 15) is 9.59 Å². The van der Waals surface area contributed by atoms with Crippen molar-refractivity contribution in [3.8, 4) is 11.5 Å². The summed E-state index contributed by atoms with van der Waals surface area (Å²) in [7, 11) is 3.03. The molecule has 3 N–H and O–H groups in total. The van der Waals surface area contributed by atoms with Crippen LogP contribution in [-0.4, -0.2) is 30.3 Å². The number of nitrogens with two attached hydrogens (primary N) is 1. The minimum Gasteiger partial charge on any atom is -0.493 e. The Bertz CT molecular complexity index is 1370. The van der Waals surface area contributed by atoms with Crippen molar-refractivity contribution in [2.24, 2.45) is 0 Å².